The van der Waals surface area contributed by atoms with Gasteiger partial charge in [0.15, 0.2) is 5.82 Å². The van der Waals surface area contributed by atoms with Crippen LogP contribution in [0.25, 0.3) is 11.4 Å². The summed E-state index contributed by atoms with van der Waals surface area (Å²) in [6.45, 7) is 2.76. The number of fused-ring (bicyclic) bond motifs is 1. The van der Waals surface area contributed by atoms with E-state index in [0.717, 1.165) is 44.5 Å². The zero-order valence-corrected chi connectivity index (χ0v) is 16.9. The Morgan fingerprint density at radius 2 is 2.07 bits per heavy atom. The number of halogens is 3. The van der Waals surface area contributed by atoms with Crippen LogP contribution in [0.3, 0.4) is 0 Å². The van der Waals surface area contributed by atoms with Crippen molar-refractivity contribution in [3.05, 3.63) is 29.8 Å². The lowest BCUT2D eigenvalue weighted by atomic mass is 10.1. The van der Waals surface area contributed by atoms with Gasteiger partial charge in [-0.15, -0.1) is 35.0 Å². The minimum Gasteiger partial charge on any atom is -0.325 e. The van der Waals surface area contributed by atoms with Crippen LogP contribution in [0.4, 0.5) is 10.1 Å². The highest BCUT2D eigenvalue weighted by Crippen LogP contribution is 2.27. The van der Waals surface area contributed by atoms with E-state index in [2.05, 4.69) is 15.5 Å². The molecule has 3 N–H and O–H groups in total. The second-order valence-electron chi connectivity index (χ2n) is 6.48. The fraction of sp³-hybridized carbons (Fsp3) is 0.500. The smallest absolute Gasteiger partial charge is 0.241 e. The molecular formula is C18H26Cl2FN5O. The number of hydrogen-bond donors (Lipinski definition) is 2. The van der Waals surface area contributed by atoms with Crippen molar-refractivity contribution in [2.75, 3.05) is 5.32 Å². The van der Waals surface area contributed by atoms with Gasteiger partial charge in [0.1, 0.15) is 11.6 Å². The summed E-state index contributed by atoms with van der Waals surface area (Å²) in [6, 6.07) is 3.92. The summed E-state index contributed by atoms with van der Waals surface area (Å²) in [5.74, 6) is 0.768. The van der Waals surface area contributed by atoms with Crippen LogP contribution in [0.15, 0.2) is 18.2 Å². The molecule has 1 unspecified atom stereocenters. The first-order valence-electron chi connectivity index (χ1n) is 8.88. The number of carbonyl (C=O) groups is 1. The first-order chi connectivity index (χ1) is 12.1. The van der Waals surface area contributed by atoms with E-state index in [1.54, 1.807) is 6.07 Å². The summed E-state index contributed by atoms with van der Waals surface area (Å²) in [7, 11) is 0. The lowest BCUT2D eigenvalue weighted by Gasteiger charge is -2.13. The molecule has 1 aliphatic heterocycles. The molecule has 0 radical (unpaired) electrons. The van der Waals surface area contributed by atoms with Gasteiger partial charge >= 0.3 is 0 Å². The van der Waals surface area contributed by atoms with Crippen molar-refractivity contribution < 1.29 is 9.18 Å². The van der Waals surface area contributed by atoms with Crippen molar-refractivity contribution in [1.29, 1.82) is 0 Å². The van der Waals surface area contributed by atoms with E-state index >= 15 is 0 Å². The van der Waals surface area contributed by atoms with Gasteiger partial charge in [0.05, 0.1) is 11.6 Å². The molecule has 1 amide bonds. The highest BCUT2D eigenvalue weighted by molar-refractivity contribution is 5.95. The predicted molar refractivity (Wildman–Crippen MR) is 109 cm³/mol. The summed E-state index contributed by atoms with van der Waals surface area (Å²) in [5.41, 5.74) is 6.70. The van der Waals surface area contributed by atoms with Crippen LogP contribution in [-0.4, -0.2) is 26.7 Å². The molecule has 2 heterocycles. The number of carbonyl (C=O) groups excluding carboxylic acids is 1. The lowest BCUT2D eigenvalue weighted by Crippen LogP contribution is -2.35. The van der Waals surface area contributed by atoms with Crippen LogP contribution in [-0.2, 0) is 17.8 Å². The Labute approximate surface area is 170 Å². The molecule has 6 nitrogen and oxygen atoms in total. The van der Waals surface area contributed by atoms with Crippen LogP contribution < -0.4 is 11.1 Å². The Kier molecular flexibility index (Phi) is 9.15. The maximum atomic E-state index is 14.4. The van der Waals surface area contributed by atoms with Crippen molar-refractivity contribution in [2.45, 2.75) is 58.0 Å². The van der Waals surface area contributed by atoms with Crippen LogP contribution in [0.5, 0.6) is 0 Å². The number of hydrogen-bond acceptors (Lipinski definition) is 4. The second-order valence-corrected chi connectivity index (χ2v) is 6.48. The minimum atomic E-state index is -0.567. The fourth-order valence-corrected chi connectivity index (χ4v) is 3.14. The summed E-state index contributed by atoms with van der Waals surface area (Å²) >= 11 is 0. The zero-order valence-electron chi connectivity index (χ0n) is 15.3. The average molecular weight is 418 g/mol. The van der Waals surface area contributed by atoms with Crippen LogP contribution >= 0.6 is 24.8 Å². The standard InChI is InChI=1S/C18H24FN5O.2ClH/c1-2-6-15(20)18(25)21-12-8-9-14(19)13(11-12)17-23-22-16-7-4-3-5-10-24(16)17;;/h8-9,11,15H,2-7,10,20H2,1H3,(H,21,25);2*1H. The molecule has 150 valence electrons. The Bertz CT molecular complexity index is 768. The van der Waals surface area contributed by atoms with E-state index in [4.69, 9.17) is 5.73 Å². The predicted octanol–water partition coefficient (Wildman–Crippen LogP) is 3.72. The van der Waals surface area contributed by atoms with Crippen LogP contribution in [0.1, 0.15) is 44.9 Å². The highest BCUT2D eigenvalue weighted by Gasteiger charge is 2.20. The Morgan fingerprint density at radius 1 is 1.30 bits per heavy atom. The third kappa shape index (κ3) is 5.40. The molecule has 2 aromatic rings. The van der Waals surface area contributed by atoms with E-state index in [1.165, 1.54) is 12.1 Å². The highest BCUT2D eigenvalue weighted by atomic mass is 35.5. The number of nitrogens with zero attached hydrogens (tertiary/aromatic N) is 3. The van der Waals surface area contributed by atoms with E-state index < -0.39 is 6.04 Å². The van der Waals surface area contributed by atoms with Crippen LogP contribution in [0, 0.1) is 5.82 Å². The van der Waals surface area contributed by atoms with Gasteiger partial charge < -0.3 is 15.6 Å². The van der Waals surface area contributed by atoms with E-state index in [0.29, 0.717) is 23.5 Å². The van der Waals surface area contributed by atoms with Crippen molar-refractivity contribution >= 4 is 36.4 Å². The number of nitrogens with two attached hydrogens (primary N) is 1. The summed E-state index contributed by atoms with van der Waals surface area (Å²) in [6.07, 6.45) is 5.54. The quantitative estimate of drug-likeness (QED) is 0.775. The topological polar surface area (TPSA) is 85.8 Å². The fourth-order valence-electron chi connectivity index (χ4n) is 3.14. The molecule has 27 heavy (non-hydrogen) atoms. The number of benzene rings is 1. The number of aromatic nitrogens is 3. The number of anilines is 1. The molecule has 0 bridgehead atoms. The molecule has 0 spiro atoms. The van der Waals surface area contributed by atoms with Gasteiger partial charge in [-0.1, -0.05) is 19.8 Å². The van der Waals surface area contributed by atoms with Gasteiger partial charge in [0.25, 0.3) is 0 Å². The summed E-state index contributed by atoms with van der Waals surface area (Å²) < 4.78 is 16.4. The van der Waals surface area contributed by atoms with Gasteiger partial charge in [0, 0.05) is 18.7 Å². The first-order valence-corrected chi connectivity index (χ1v) is 8.88. The summed E-state index contributed by atoms with van der Waals surface area (Å²) in [5, 5.41) is 11.2. The Morgan fingerprint density at radius 3 is 2.81 bits per heavy atom. The van der Waals surface area contributed by atoms with Gasteiger partial charge in [0.2, 0.25) is 5.91 Å². The molecular weight excluding hydrogens is 392 g/mol. The molecule has 0 aliphatic carbocycles. The second kappa shape index (κ2) is 10.6. The van der Waals surface area contributed by atoms with Crippen molar-refractivity contribution in [3.63, 3.8) is 0 Å². The van der Waals surface area contributed by atoms with Crippen molar-refractivity contribution in [2.24, 2.45) is 5.73 Å². The number of rotatable bonds is 5. The minimum absolute atomic E-state index is 0. The maximum absolute atomic E-state index is 14.4. The SMILES string of the molecule is CCCC(N)C(=O)Nc1ccc(F)c(-c2nnc3n2CCCCC3)c1.Cl.Cl. The molecule has 0 saturated carbocycles. The molecule has 1 atom stereocenters. The van der Waals surface area contributed by atoms with Crippen molar-refractivity contribution in [1.82, 2.24) is 14.8 Å². The zero-order chi connectivity index (χ0) is 17.8. The Hall–Kier alpha value is -1.70. The normalized spacial score (nSPS) is 14.2. The lowest BCUT2D eigenvalue weighted by molar-refractivity contribution is -0.117. The van der Waals surface area contributed by atoms with Gasteiger partial charge in [-0.2, -0.15) is 0 Å². The number of aryl methyl sites for hydroxylation is 1. The molecule has 0 saturated heterocycles. The molecule has 1 aromatic carbocycles. The number of amides is 1. The largest absolute Gasteiger partial charge is 0.325 e. The molecule has 1 aromatic heterocycles. The third-order valence-corrected chi connectivity index (χ3v) is 4.52. The molecule has 0 fully saturated rings. The van der Waals surface area contributed by atoms with E-state index in [-0.39, 0.29) is 36.5 Å². The van der Waals surface area contributed by atoms with E-state index in [1.807, 2.05) is 11.5 Å². The molecule has 1 aliphatic rings. The third-order valence-electron chi connectivity index (χ3n) is 4.52. The van der Waals surface area contributed by atoms with Crippen molar-refractivity contribution in [3.8, 4) is 11.4 Å². The monoisotopic (exact) mass is 417 g/mol. The molecule has 9 heteroatoms. The average Bonchev–Trinajstić information content (AvgIpc) is 2.84. The summed E-state index contributed by atoms with van der Waals surface area (Å²) in [4.78, 5) is 12.1. The first kappa shape index (κ1) is 23.3. The molecule has 3 rings (SSSR count). The van der Waals surface area contributed by atoms with Gasteiger partial charge in [-0.05, 0) is 37.5 Å². The van der Waals surface area contributed by atoms with Gasteiger partial charge in [-0.25, -0.2) is 4.39 Å². The van der Waals surface area contributed by atoms with Crippen LogP contribution in [0.2, 0.25) is 0 Å². The Balaban J connectivity index is 0.00000182. The van der Waals surface area contributed by atoms with E-state index in [9.17, 15) is 9.18 Å². The maximum Gasteiger partial charge on any atom is 0.241 e. The van der Waals surface area contributed by atoms with Gasteiger partial charge in [-0.3, -0.25) is 4.79 Å². The number of nitrogens with one attached hydrogen (secondary N) is 1.